The fraction of sp³-hybridized carbons (Fsp3) is 0.182. The predicted octanol–water partition coefficient (Wildman–Crippen LogP) is 1.17. The zero-order valence-corrected chi connectivity index (χ0v) is 9.20. The highest BCUT2D eigenvalue weighted by atomic mass is 16.5. The van der Waals surface area contributed by atoms with E-state index in [2.05, 4.69) is 10.1 Å². The maximum absolute atomic E-state index is 10.4. The molecule has 18 heavy (non-hydrogen) atoms. The molecule has 0 radical (unpaired) electrons. The molecular weight excluding hydrogens is 240 g/mol. The van der Waals surface area contributed by atoms with Gasteiger partial charge >= 0.3 is 5.97 Å². The van der Waals surface area contributed by atoms with Crippen LogP contribution in [0.25, 0.3) is 11.4 Å². The number of carboxylic acid groups (broad SMARTS) is 1. The van der Waals surface area contributed by atoms with Crippen LogP contribution in [-0.4, -0.2) is 31.4 Å². The Morgan fingerprint density at radius 3 is 2.50 bits per heavy atom. The van der Waals surface area contributed by atoms with Crippen molar-refractivity contribution in [3.63, 3.8) is 0 Å². The number of phenolic OH excluding ortho intramolecular Hbond substituents is 2. The molecule has 1 aromatic carbocycles. The van der Waals surface area contributed by atoms with Crippen LogP contribution < -0.4 is 0 Å². The fourth-order valence-electron chi connectivity index (χ4n) is 1.41. The van der Waals surface area contributed by atoms with Gasteiger partial charge in [-0.3, -0.25) is 4.79 Å². The Bertz CT molecular complexity index is 558. The number of phenols is 2. The molecular formula is C11H10N2O5. The van der Waals surface area contributed by atoms with Gasteiger partial charge in [-0.25, -0.2) is 0 Å². The van der Waals surface area contributed by atoms with E-state index < -0.39 is 5.97 Å². The van der Waals surface area contributed by atoms with E-state index in [1.54, 1.807) is 0 Å². The minimum absolute atomic E-state index is 0.104. The molecule has 0 fully saturated rings. The van der Waals surface area contributed by atoms with Crippen molar-refractivity contribution in [2.45, 2.75) is 12.8 Å². The van der Waals surface area contributed by atoms with E-state index in [0.29, 0.717) is 5.56 Å². The highest BCUT2D eigenvalue weighted by Gasteiger charge is 2.11. The van der Waals surface area contributed by atoms with E-state index in [-0.39, 0.29) is 36.1 Å². The van der Waals surface area contributed by atoms with Gasteiger partial charge < -0.3 is 19.8 Å². The third kappa shape index (κ3) is 2.76. The zero-order valence-electron chi connectivity index (χ0n) is 9.20. The van der Waals surface area contributed by atoms with Crippen LogP contribution in [0.5, 0.6) is 11.5 Å². The maximum Gasteiger partial charge on any atom is 0.303 e. The lowest BCUT2D eigenvalue weighted by molar-refractivity contribution is -0.137. The summed E-state index contributed by atoms with van der Waals surface area (Å²) in [6, 6.07) is 3.91. The molecule has 0 aliphatic heterocycles. The van der Waals surface area contributed by atoms with Crippen molar-refractivity contribution in [3.05, 3.63) is 24.1 Å². The number of aliphatic carboxylic acids is 1. The van der Waals surface area contributed by atoms with Gasteiger partial charge in [0.1, 0.15) is 11.5 Å². The Kier molecular flexibility index (Phi) is 3.13. The third-order valence-electron chi connectivity index (χ3n) is 2.18. The average Bonchev–Trinajstić information content (AvgIpc) is 2.73. The minimum atomic E-state index is -0.954. The van der Waals surface area contributed by atoms with Crippen LogP contribution in [0.2, 0.25) is 0 Å². The first-order valence-corrected chi connectivity index (χ1v) is 5.12. The van der Waals surface area contributed by atoms with Crippen molar-refractivity contribution in [2.24, 2.45) is 0 Å². The molecule has 0 unspecified atom stereocenters. The molecule has 0 aliphatic rings. The van der Waals surface area contributed by atoms with Gasteiger partial charge in [-0.1, -0.05) is 5.16 Å². The highest BCUT2D eigenvalue weighted by Crippen LogP contribution is 2.26. The SMILES string of the molecule is O=C(O)CCc1nc(-c2cc(O)cc(O)c2)no1. The van der Waals surface area contributed by atoms with E-state index >= 15 is 0 Å². The summed E-state index contributed by atoms with van der Waals surface area (Å²) < 4.78 is 4.86. The summed E-state index contributed by atoms with van der Waals surface area (Å²) in [5.41, 5.74) is 0.387. The van der Waals surface area contributed by atoms with E-state index in [0.717, 1.165) is 0 Å². The topological polar surface area (TPSA) is 117 Å². The van der Waals surface area contributed by atoms with Gasteiger partial charge in [-0.15, -0.1) is 0 Å². The van der Waals surface area contributed by atoms with Crippen LogP contribution in [0.15, 0.2) is 22.7 Å². The summed E-state index contributed by atoms with van der Waals surface area (Å²) in [4.78, 5) is 14.4. The number of carbonyl (C=O) groups is 1. The van der Waals surface area contributed by atoms with Crippen molar-refractivity contribution in [2.75, 3.05) is 0 Å². The molecule has 7 nitrogen and oxygen atoms in total. The van der Waals surface area contributed by atoms with Crippen molar-refractivity contribution in [1.29, 1.82) is 0 Å². The third-order valence-corrected chi connectivity index (χ3v) is 2.18. The molecule has 3 N–H and O–H groups in total. The van der Waals surface area contributed by atoms with Gasteiger partial charge in [0, 0.05) is 18.1 Å². The van der Waals surface area contributed by atoms with Crippen LogP contribution in [0.1, 0.15) is 12.3 Å². The highest BCUT2D eigenvalue weighted by molar-refractivity contribution is 5.67. The zero-order chi connectivity index (χ0) is 13.1. The van der Waals surface area contributed by atoms with Gasteiger partial charge in [0.25, 0.3) is 0 Å². The number of hydrogen-bond acceptors (Lipinski definition) is 6. The van der Waals surface area contributed by atoms with Gasteiger partial charge in [-0.05, 0) is 12.1 Å². The molecule has 0 saturated heterocycles. The lowest BCUT2D eigenvalue weighted by Crippen LogP contribution is -1.97. The van der Waals surface area contributed by atoms with Gasteiger partial charge in [0.05, 0.1) is 6.42 Å². The normalized spacial score (nSPS) is 10.4. The van der Waals surface area contributed by atoms with Crippen molar-refractivity contribution in [3.8, 4) is 22.9 Å². The quantitative estimate of drug-likeness (QED) is 0.745. The van der Waals surface area contributed by atoms with Crippen LogP contribution in [-0.2, 0) is 11.2 Å². The molecule has 2 aromatic rings. The number of aromatic hydroxyl groups is 2. The maximum atomic E-state index is 10.4. The van der Waals surface area contributed by atoms with Crippen LogP contribution >= 0.6 is 0 Å². The first-order chi connectivity index (χ1) is 8.54. The Labute approximate surface area is 101 Å². The smallest absolute Gasteiger partial charge is 0.303 e. The lowest BCUT2D eigenvalue weighted by atomic mass is 10.2. The molecule has 0 spiro atoms. The molecule has 7 heteroatoms. The fourth-order valence-corrected chi connectivity index (χ4v) is 1.41. The van der Waals surface area contributed by atoms with Crippen molar-refractivity contribution < 1.29 is 24.6 Å². The minimum Gasteiger partial charge on any atom is -0.508 e. The summed E-state index contributed by atoms with van der Waals surface area (Å²) in [6.45, 7) is 0. The summed E-state index contributed by atoms with van der Waals surface area (Å²) in [5, 5.41) is 30.8. The summed E-state index contributed by atoms with van der Waals surface area (Å²) >= 11 is 0. The standard InChI is InChI=1S/C11H10N2O5/c14-7-3-6(4-8(15)5-7)11-12-9(18-13-11)1-2-10(16)17/h3-5,14-15H,1-2H2,(H,16,17). The van der Waals surface area contributed by atoms with Gasteiger partial charge in [0.2, 0.25) is 11.7 Å². The van der Waals surface area contributed by atoms with Crippen molar-refractivity contribution >= 4 is 5.97 Å². The Morgan fingerprint density at radius 1 is 1.22 bits per heavy atom. The van der Waals surface area contributed by atoms with Crippen LogP contribution in [0, 0.1) is 0 Å². The average molecular weight is 250 g/mol. The van der Waals surface area contributed by atoms with Crippen molar-refractivity contribution in [1.82, 2.24) is 10.1 Å². The van der Waals surface area contributed by atoms with E-state index in [1.165, 1.54) is 18.2 Å². The van der Waals surface area contributed by atoms with E-state index in [9.17, 15) is 15.0 Å². The van der Waals surface area contributed by atoms with E-state index in [4.69, 9.17) is 9.63 Å². The molecule has 0 atom stereocenters. The summed E-state index contributed by atoms with van der Waals surface area (Å²) in [5.74, 6) is -0.828. The molecule has 0 bridgehead atoms. The second kappa shape index (κ2) is 4.74. The molecule has 0 aliphatic carbocycles. The summed E-state index contributed by atoms with van der Waals surface area (Å²) in [7, 11) is 0. The summed E-state index contributed by atoms with van der Waals surface area (Å²) in [6.07, 6.45) is 0.0278. The largest absolute Gasteiger partial charge is 0.508 e. The Balaban J connectivity index is 2.21. The van der Waals surface area contributed by atoms with E-state index in [1.807, 2.05) is 0 Å². The first kappa shape index (κ1) is 11.9. The van der Waals surface area contributed by atoms with Crippen LogP contribution in [0.4, 0.5) is 0 Å². The number of carboxylic acids is 1. The van der Waals surface area contributed by atoms with Crippen LogP contribution in [0.3, 0.4) is 0 Å². The molecule has 1 heterocycles. The molecule has 1 aromatic heterocycles. The number of rotatable bonds is 4. The number of aryl methyl sites for hydroxylation is 1. The molecule has 0 saturated carbocycles. The monoisotopic (exact) mass is 250 g/mol. The molecule has 94 valence electrons. The van der Waals surface area contributed by atoms with Gasteiger partial charge in [-0.2, -0.15) is 4.98 Å². The number of hydrogen-bond donors (Lipinski definition) is 3. The lowest BCUT2D eigenvalue weighted by Gasteiger charge is -1.97. The Morgan fingerprint density at radius 2 is 1.89 bits per heavy atom. The molecule has 2 rings (SSSR count). The first-order valence-electron chi connectivity index (χ1n) is 5.12. The number of benzene rings is 1. The molecule has 0 amide bonds. The number of aromatic nitrogens is 2. The second-order valence-corrected chi connectivity index (χ2v) is 3.64. The van der Waals surface area contributed by atoms with Gasteiger partial charge in [0.15, 0.2) is 0 Å². The number of nitrogens with zero attached hydrogens (tertiary/aromatic N) is 2. The predicted molar refractivity (Wildman–Crippen MR) is 59.0 cm³/mol. The Hall–Kier alpha value is -2.57. The second-order valence-electron chi connectivity index (χ2n) is 3.64.